The van der Waals surface area contributed by atoms with E-state index in [0.717, 1.165) is 23.3 Å². The number of aliphatic carboxylic acids is 1. The lowest BCUT2D eigenvalue weighted by Gasteiger charge is -2.12. The quantitative estimate of drug-likeness (QED) is 0.848. The largest absolute Gasteiger partial charge is 0.494 e. The van der Waals surface area contributed by atoms with Gasteiger partial charge in [0.05, 0.1) is 12.5 Å². The van der Waals surface area contributed by atoms with Crippen molar-refractivity contribution in [2.75, 3.05) is 6.61 Å². The van der Waals surface area contributed by atoms with E-state index < -0.39 is 5.97 Å². The van der Waals surface area contributed by atoms with Crippen molar-refractivity contribution in [2.45, 2.75) is 26.2 Å². The fourth-order valence-corrected chi connectivity index (χ4v) is 2.20. The zero-order chi connectivity index (χ0) is 11.7. The van der Waals surface area contributed by atoms with Gasteiger partial charge in [-0.15, -0.1) is 0 Å². The molecule has 1 aromatic rings. The number of carboxylic acid groups (broad SMARTS) is 1. The predicted octanol–water partition coefficient (Wildman–Crippen LogP) is 2.58. The third kappa shape index (κ3) is 1.90. The monoisotopic (exact) mass is 220 g/mol. The minimum Gasteiger partial charge on any atom is -0.494 e. The van der Waals surface area contributed by atoms with Gasteiger partial charge in [0.1, 0.15) is 5.75 Å². The molecule has 0 spiro atoms. The molecular formula is C13H16O3. The molecule has 0 saturated heterocycles. The summed E-state index contributed by atoms with van der Waals surface area (Å²) in [6.07, 6.45) is 0.736. The van der Waals surface area contributed by atoms with Gasteiger partial charge >= 0.3 is 5.97 Å². The molecule has 3 nitrogen and oxygen atoms in total. The first-order valence-corrected chi connectivity index (χ1v) is 5.60. The molecule has 0 heterocycles. The highest BCUT2D eigenvalue weighted by molar-refractivity contribution is 5.76. The van der Waals surface area contributed by atoms with Crippen LogP contribution in [0.3, 0.4) is 0 Å². The average molecular weight is 220 g/mol. The van der Waals surface area contributed by atoms with Crippen LogP contribution in [0.1, 0.15) is 30.4 Å². The summed E-state index contributed by atoms with van der Waals surface area (Å²) in [5.74, 6) is 0.0625. The standard InChI is InChI=1S/C13H16O3/c1-3-16-11-6-4-5-8(2)12(11)9-7-10(9)13(14)15/h4-6,9-10H,3,7H2,1-2H3,(H,14,15). The highest BCUT2D eigenvalue weighted by atomic mass is 16.5. The van der Waals surface area contributed by atoms with Crippen molar-refractivity contribution in [3.8, 4) is 5.75 Å². The molecular weight excluding hydrogens is 204 g/mol. The number of ether oxygens (including phenoxy) is 1. The first-order valence-electron chi connectivity index (χ1n) is 5.60. The third-order valence-electron chi connectivity index (χ3n) is 3.06. The van der Waals surface area contributed by atoms with E-state index in [1.165, 1.54) is 0 Å². The van der Waals surface area contributed by atoms with E-state index in [0.29, 0.717) is 6.61 Å². The highest BCUT2D eigenvalue weighted by Crippen LogP contribution is 2.51. The number of benzene rings is 1. The molecule has 1 fully saturated rings. The van der Waals surface area contributed by atoms with Gasteiger partial charge in [-0.3, -0.25) is 4.79 Å². The first kappa shape index (κ1) is 11.0. The van der Waals surface area contributed by atoms with Crippen LogP contribution in [-0.4, -0.2) is 17.7 Å². The molecule has 0 radical (unpaired) electrons. The van der Waals surface area contributed by atoms with Crippen molar-refractivity contribution in [1.29, 1.82) is 0 Å². The van der Waals surface area contributed by atoms with E-state index in [4.69, 9.17) is 9.84 Å². The van der Waals surface area contributed by atoms with Gasteiger partial charge in [0.2, 0.25) is 0 Å². The van der Waals surface area contributed by atoms with Crippen molar-refractivity contribution in [3.05, 3.63) is 29.3 Å². The Morgan fingerprint density at radius 1 is 1.56 bits per heavy atom. The second kappa shape index (κ2) is 4.16. The van der Waals surface area contributed by atoms with Crippen LogP contribution >= 0.6 is 0 Å². The summed E-state index contributed by atoms with van der Waals surface area (Å²) in [6, 6.07) is 5.88. The van der Waals surface area contributed by atoms with Crippen LogP contribution in [0, 0.1) is 12.8 Å². The fraction of sp³-hybridized carbons (Fsp3) is 0.462. The van der Waals surface area contributed by atoms with Crippen LogP contribution in [0.4, 0.5) is 0 Å². The normalized spacial score (nSPS) is 22.9. The molecule has 1 aliphatic carbocycles. The van der Waals surface area contributed by atoms with Crippen molar-refractivity contribution in [3.63, 3.8) is 0 Å². The Bertz CT molecular complexity index is 412. The summed E-state index contributed by atoms with van der Waals surface area (Å²) in [5.41, 5.74) is 2.21. The van der Waals surface area contributed by atoms with E-state index in [1.54, 1.807) is 0 Å². The summed E-state index contributed by atoms with van der Waals surface area (Å²) in [6.45, 7) is 4.56. The molecule has 2 rings (SSSR count). The Morgan fingerprint density at radius 3 is 2.88 bits per heavy atom. The van der Waals surface area contributed by atoms with Gasteiger partial charge < -0.3 is 9.84 Å². The van der Waals surface area contributed by atoms with Crippen LogP contribution in [0.5, 0.6) is 5.75 Å². The molecule has 2 unspecified atom stereocenters. The third-order valence-corrected chi connectivity index (χ3v) is 3.06. The number of carbonyl (C=O) groups is 1. The number of aryl methyl sites for hydroxylation is 1. The molecule has 3 heteroatoms. The first-order chi connectivity index (χ1) is 7.65. The van der Waals surface area contributed by atoms with E-state index in [9.17, 15) is 4.79 Å². The molecule has 16 heavy (non-hydrogen) atoms. The van der Waals surface area contributed by atoms with Gasteiger partial charge in [0.15, 0.2) is 0 Å². The summed E-state index contributed by atoms with van der Waals surface area (Å²) in [5, 5.41) is 8.96. The van der Waals surface area contributed by atoms with Gasteiger partial charge in [-0.25, -0.2) is 0 Å². The van der Waals surface area contributed by atoms with Gasteiger partial charge in [-0.05, 0) is 31.9 Å². The molecule has 0 aliphatic heterocycles. The number of hydrogen-bond acceptors (Lipinski definition) is 2. The highest BCUT2D eigenvalue weighted by Gasteiger charge is 2.46. The van der Waals surface area contributed by atoms with Crippen molar-refractivity contribution in [1.82, 2.24) is 0 Å². The van der Waals surface area contributed by atoms with Crippen LogP contribution in [0.2, 0.25) is 0 Å². The van der Waals surface area contributed by atoms with Gasteiger partial charge in [0.25, 0.3) is 0 Å². The molecule has 1 N–H and O–H groups in total. The Labute approximate surface area is 95.0 Å². The Kier molecular flexibility index (Phi) is 2.86. The molecule has 1 saturated carbocycles. The maximum atomic E-state index is 10.9. The second-order valence-corrected chi connectivity index (χ2v) is 4.21. The van der Waals surface area contributed by atoms with E-state index in [1.807, 2.05) is 32.0 Å². The van der Waals surface area contributed by atoms with Crippen LogP contribution in [0.15, 0.2) is 18.2 Å². The summed E-state index contributed by atoms with van der Waals surface area (Å²) < 4.78 is 5.55. The Hall–Kier alpha value is -1.51. The molecule has 1 aliphatic rings. The second-order valence-electron chi connectivity index (χ2n) is 4.21. The van der Waals surface area contributed by atoms with Gasteiger partial charge in [-0.1, -0.05) is 12.1 Å². The molecule has 2 atom stereocenters. The lowest BCUT2D eigenvalue weighted by Crippen LogP contribution is -2.02. The van der Waals surface area contributed by atoms with E-state index >= 15 is 0 Å². The molecule has 0 amide bonds. The number of hydrogen-bond donors (Lipinski definition) is 1. The minimum absolute atomic E-state index is 0.139. The van der Waals surface area contributed by atoms with Crippen LogP contribution in [-0.2, 0) is 4.79 Å². The van der Waals surface area contributed by atoms with E-state index in [2.05, 4.69) is 0 Å². The van der Waals surface area contributed by atoms with Crippen LogP contribution < -0.4 is 4.74 Å². The van der Waals surface area contributed by atoms with E-state index in [-0.39, 0.29) is 11.8 Å². The zero-order valence-corrected chi connectivity index (χ0v) is 9.56. The topological polar surface area (TPSA) is 46.5 Å². The molecule has 86 valence electrons. The number of rotatable bonds is 4. The maximum absolute atomic E-state index is 10.9. The maximum Gasteiger partial charge on any atom is 0.307 e. The average Bonchev–Trinajstić information content (AvgIpc) is 2.98. The van der Waals surface area contributed by atoms with Gasteiger partial charge in [-0.2, -0.15) is 0 Å². The molecule has 0 aromatic heterocycles. The van der Waals surface area contributed by atoms with Gasteiger partial charge in [0, 0.05) is 11.5 Å². The SMILES string of the molecule is CCOc1cccc(C)c1C1CC1C(=O)O. The van der Waals surface area contributed by atoms with Crippen molar-refractivity contribution >= 4 is 5.97 Å². The Morgan fingerprint density at radius 2 is 2.31 bits per heavy atom. The molecule has 1 aromatic carbocycles. The fourth-order valence-electron chi connectivity index (χ4n) is 2.20. The predicted molar refractivity (Wildman–Crippen MR) is 60.8 cm³/mol. The summed E-state index contributed by atoms with van der Waals surface area (Å²) >= 11 is 0. The minimum atomic E-state index is -0.698. The van der Waals surface area contributed by atoms with Crippen molar-refractivity contribution in [2.24, 2.45) is 5.92 Å². The number of carboxylic acids is 1. The summed E-state index contributed by atoms with van der Waals surface area (Å²) in [4.78, 5) is 10.9. The lowest BCUT2D eigenvalue weighted by molar-refractivity contribution is -0.138. The Balaban J connectivity index is 2.29. The van der Waals surface area contributed by atoms with Crippen molar-refractivity contribution < 1.29 is 14.6 Å². The lowest BCUT2D eigenvalue weighted by atomic mass is 10.0. The molecule has 0 bridgehead atoms. The zero-order valence-electron chi connectivity index (χ0n) is 9.56. The van der Waals surface area contributed by atoms with Crippen LogP contribution in [0.25, 0.3) is 0 Å². The smallest absolute Gasteiger partial charge is 0.307 e. The summed E-state index contributed by atoms with van der Waals surface area (Å²) in [7, 11) is 0.